The van der Waals surface area contributed by atoms with Crippen LogP contribution in [0.1, 0.15) is 30.1 Å². The highest BCUT2D eigenvalue weighted by Crippen LogP contribution is 2.34. The molecule has 3 aromatic carbocycles. The monoisotopic (exact) mass is 425 g/mol. The van der Waals surface area contributed by atoms with E-state index < -0.39 is 5.60 Å². The first-order valence-electron chi connectivity index (χ1n) is 10.4. The summed E-state index contributed by atoms with van der Waals surface area (Å²) >= 11 is 0. The molecule has 3 heteroatoms. The molecule has 0 bridgehead atoms. The number of benzene rings is 3. The van der Waals surface area contributed by atoms with Crippen molar-refractivity contribution in [2.45, 2.75) is 40.1 Å². The molecule has 3 aromatic rings. The minimum Gasteiger partial charge on any atom is -0.442 e. The van der Waals surface area contributed by atoms with Gasteiger partial charge in [-0.25, -0.2) is 4.79 Å². The van der Waals surface area contributed by atoms with Gasteiger partial charge in [-0.15, -0.1) is 6.42 Å². The van der Waals surface area contributed by atoms with E-state index in [1.807, 2.05) is 43.3 Å². The molecule has 154 valence electrons. The third-order valence-electron chi connectivity index (χ3n) is 5.66. The molecular formula is C28H25O2S+. The highest BCUT2D eigenvalue weighted by atomic mass is 32.2. The highest BCUT2D eigenvalue weighted by molar-refractivity contribution is 7.97. The van der Waals surface area contributed by atoms with E-state index in [-0.39, 0.29) is 22.8 Å². The molecule has 1 aliphatic rings. The number of terminal acetylenes is 1. The molecule has 31 heavy (non-hydrogen) atoms. The Bertz CT molecular complexity index is 1050. The lowest BCUT2D eigenvalue weighted by Gasteiger charge is -2.30. The van der Waals surface area contributed by atoms with Crippen LogP contribution in [0.4, 0.5) is 0 Å². The number of esters is 1. The Labute approximate surface area is 187 Å². The molecule has 0 aliphatic heterocycles. The van der Waals surface area contributed by atoms with Crippen molar-refractivity contribution in [3.05, 3.63) is 103 Å². The molecular weight excluding hydrogens is 400 g/mol. The zero-order chi connectivity index (χ0) is 21.7. The minimum absolute atomic E-state index is 0.128. The number of allylic oxidation sites excluding steroid dienone is 2. The fourth-order valence-electron chi connectivity index (χ4n) is 3.80. The maximum atomic E-state index is 12.9. The summed E-state index contributed by atoms with van der Waals surface area (Å²) in [6.07, 6.45) is 11.6. The molecule has 0 saturated heterocycles. The Hall–Kier alpha value is -3.22. The van der Waals surface area contributed by atoms with Crippen LogP contribution in [0.25, 0.3) is 0 Å². The SMILES string of the molecule is C#CC(C)(OC(=O)c1ccc([S+](c2ccccc2)c2ccccc2)cc1)C1CC=CC1. The molecule has 0 amide bonds. The van der Waals surface area contributed by atoms with E-state index in [1.165, 1.54) is 9.79 Å². The van der Waals surface area contributed by atoms with Crippen molar-refractivity contribution in [1.29, 1.82) is 0 Å². The van der Waals surface area contributed by atoms with Crippen LogP contribution in [0.5, 0.6) is 0 Å². The number of ether oxygens (including phenoxy) is 1. The van der Waals surface area contributed by atoms with Gasteiger partial charge >= 0.3 is 5.97 Å². The second-order valence-corrected chi connectivity index (χ2v) is 9.76. The van der Waals surface area contributed by atoms with E-state index in [4.69, 9.17) is 11.2 Å². The number of hydrogen-bond acceptors (Lipinski definition) is 2. The molecule has 4 rings (SSSR count). The second kappa shape index (κ2) is 9.29. The van der Waals surface area contributed by atoms with Crippen molar-refractivity contribution in [3.63, 3.8) is 0 Å². The Morgan fingerprint density at radius 2 is 1.35 bits per heavy atom. The molecule has 0 heterocycles. The molecule has 0 aromatic heterocycles. The third-order valence-corrected chi connectivity index (χ3v) is 7.89. The van der Waals surface area contributed by atoms with Gasteiger partial charge in [-0.3, -0.25) is 0 Å². The van der Waals surface area contributed by atoms with Gasteiger partial charge in [0.25, 0.3) is 0 Å². The largest absolute Gasteiger partial charge is 0.442 e. The van der Waals surface area contributed by atoms with Gasteiger partial charge in [-0.1, -0.05) is 54.5 Å². The fraction of sp³-hybridized carbons (Fsp3) is 0.179. The molecule has 2 nitrogen and oxygen atoms in total. The predicted octanol–water partition coefficient (Wildman–Crippen LogP) is 6.30. The first kappa shape index (κ1) is 21.0. The molecule has 0 radical (unpaired) electrons. The standard InChI is InChI=1S/C28H25O2S/c1-3-28(2,23-12-10-11-13-23)30-27(29)22-18-20-26(21-19-22)31(24-14-6-4-7-15-24)25-16-8-5-9-17-25/h1,4-11,14-21,23H,12-13H2,2H3/q+1. The summed E-state index contributed by atoms with van der Waals surface area (Å²) in [6.45, 7) is 1.83. The normalized spacial score (nSPS) is 15.4. The van der Waals surface area contributed by atoms with Crippen molar-refractivity contribution >= 4 is 16.9 Å². The summed E-state index contributed by atoms with van der Waals surface area (Å²) in [7, 11) is -0.251. The van der Waals surface area contributed by atoms with Gasteiger partial charge in [0.1, 0.15) is 0 Å². The van der Waals surface area contributed by atoms with Gasteiger partial charge in [-0.05, 0) is 68.3 Å². The van der Waals surface area contributed by atoms with Gasteiger partial charge in [0.15, 0.2) is 20.3 Å². The van der Waals surface area contributed by atoms with Gasteiger partial charge in [0.05, 0.1) is 16.5 Å². The molecule has 0 fully saturated rings. The van der Waals surface area contributed by atoms with Crippen LogP contribution in [0, 0.1) is 18.3 Å². The topological polar surface area (TPSA) is 26.3 Å². The first-order valence-corrected chi connectivity index (χ1v) is 11.6. The summed E-state index contributed by atoms with van der Waals surface area (Å²) in [4.78, 5) is 16.5. The van der Waals surface area contributed by atoms with E-state index in [2.05, 4.69) is 66.6 Å². The summed E-state index contributed by atoms with van der Waals surface area (Å²) in [5, 5.41) is 0. The number of carbonyl (C=O) groups is 1. The predicted molar refractivity (Wildman–Crippen MR) is 126 cm³/mol. The van der Waals surface area contributed by atoms with E-state index >= 15 is 0 Å². The van der Waals surface area contributed by atoms with Gasteiger partial charge < -0.3 is 4.74 Å². The Balaban J connectivity index is 1.59. The van der Waals surface area contributed by atoms with Crippen LogP contribution >= 0.6 is 0 Å². The van der Waals surface area contributed by atoms with E-state index in [1.54, 1.807) is 0 Å². The van der Waals surface area contributed by atoms with E-state index in [0.29, 0.717) is 5.56 Å². The number of hydrogen-bond donors (Lipinski definition) is 0. The average molecular weight is 426 g/mol. The van der Waals surface area contributed by atoms with Crippen LogP contribution in [0.2, 0.25) is 0 Å². The van der Waals surface area contributed by atoms with Gasteiger partial charge in [-0.2, -0.15) is 0 Å². The zero-order valence-corrected chi connectivity index (χ0v) is 18.3. The average Bonchev–Trinajstić information content (AvgIpc) is 3.37. The number of rotatable bonds is 6. The molecule has 0 saturated carbocycles. The fourth-order valence-corrected chi connectivity index (χ4v) is 5.88. The Morgan fingerprint density at radius 1 is 0.871 bits per heavy atom. The van der Waals surface area contributed by atoms with Crippen LogP contribution in [-0.4, -0.2) is 11.6 Å². The maximum Gasteiger partial charge on any atom is 0.339 e. The van der Waals surface area contributed by atoms with Crippen LogP contribution in [-0.2, 0) is 15.6 Å². The molecule has 0 spiro atoms. The van der Waals surface area contributed by atoms with Crippen molar-refractivity contribution in [2.24, 2.45) is 5.92 Å². The lowest BCUT2D eigenvalue weighted by atomic mass is 9.87. The third kappa shape index (κ3) is 4.60. The Kier molecular flexibility index (Phi) is 6.30. The zero-order valence-electron chi connectivity index (χ0n) is 17.5. The van der Waals surface area contributed by atoms with Gasteiger partial charge in [0, 0.05) is 5.92 Å². The maximum absolute atomic E-state index is 12.9. The minimum atomic E-state index is -0.905. The second-order valence-electron chi connectivity index (χ2n) is 7.74. The van der Waals surface area contributed by atoms with E-state index in [9.17, 15) is 4.79 Å². The summed E-state index contributed by atoms with van der Waals surface area (Å²) in [6, 6.07) is 28.6. The van der Waals surface area contributed by atoms with Crippen LogP contribution in [0.3, 0.4) is 0 Å². The van der Waals surface area contributed by atoms with Crippen molar-refractivity contribution in [3.8, 4) is 12.3 Å². The van der Waals surface area contributed by atoms with Crippen molar-refractivity contribution in [1.82, 2.24) is 0 Å². The van der Waals surface area contributed by atoms with E-state index in [0.717, 1.165) is 17.7 Å². The summed E-state index contributed by atoms with van der Waals surface area (Å²) in [5.74, 6) is 2.46. The van der Waals surface area contributed by atoms with Crippen molar-refractivity contribution < 1.29 is 9.53 Å². The Morgan fingerprint density at radius 3 is 1.84 bits per heavy atom. The van der Waals surface area contributed by atoms with Crippen molar-refractivity contribution in [2.75, 3.05) is 0 Å². The molecule has 1 atom stereocenters. The number of carbonyl (C=O) groups excluding carboxylic acids is 1. The first-order chi connectivity index (χ1) is 15.1. The lowest BCUT2D eigenvalue weighted by molar-refractivity contribution is -0.00683. The highest BCUT2D eigenvalue weighted by Gasteiger charge is 2.37. The molecule has 1 aliphatic carbocycles. The smallest absolute Gasteiger partial charge is 0.339 e. The van der Waals surface area contributed by atoms with Gasteiger partial charge in [0.2, 0.25) is 0 Å². The summed E-state index contributed by atoms with van der Waals surface area (Å²) < 4.78 is 5.81. The lowest BCUT2D eigenvalue weighted by Crippen LogP contribution is -2.37. The van der Waals surface area contributed by atoms with Crippen LogP contribution in [0.15, 0.2) is 112 Å². The van der Waals surface area contributed by atoms with Crippen LogP contribution < -0.4 is 0 Å². The quantitative estimate of drug-likeness (QED) is 0.201. The molecule has 1 unspecified atom stereocenters. The summed E-state index contributed by atoms with van der Waals surface area (Å²) in [5.41, 5.74) is -0.390. The molecule has 0 N–H and O–H groups in total.